The number of anilines is 3. The molecule has 1 aliphatic carbocycles. The molecule has 1 fully saturated rings. The predicted octanol–water partition coefficient (Wildman–Crippen LogP) is 10.1. The van der Waals surface area contributed by atoms with Gasteiger partial charge in [0.05, 0.1) is 12.1 Å². The third kappa shape index (κ3) is 12.5. The molecule has 5 aromatic carbocycles. The molecule has 0 spiro atoms. The first-order valence-electron chi connectivity index (χ1n) is 19.9. The summed E-state index contributed by atoms with van der Waals surface area (Å²) in [6, 6.07) is 46.7. The van der Waals surface area contributed by atoms with Crippen molar-refractivity contribution in [1.82, 2.24) is 15.1 Å². The lowest BCUT2D eigenvalue weighted by atomic mass is 9.96. The Kier molecular flexibility index (Phi) is 14.9. The number of hydrogen-bond donors (Lipinski definition) is 4. The molecule has 9 nitrogen and oxygen atoms in total. The van der Waals surface area contributed by atoms with Gasteiger partial charge in [0.15, 0.2) is 0 Å². The van der Waals surface area contributed by atoms with E-state index in [1.54, 1.807) is 0 Å². The van der Waals surface area contributed by atoms with E-state index in [0.29, 0.717) is 36.7 Å². The van der Waals surface area contributed by atoms with Gasteiger partial charge in [-0.2, -0.15) is 0 Å². The number of amides is 6. The fraction of sp³-hybridized carbons (Fsp3) is 0.298. The van der Waals surface area contributed by atoms with Crippen molar-refractivity contribution in [2.45, 2.75) is 63.5 Å². The van der Waals surface area contributed by atoms with Crippen LogP contribution in [-0.4, -0.2) is 59.6 Å². The van der Waals surface area contributed by atoms with E-state index in [9.17, 15) is 14.4 Å². The predicted molar refractivity (Wildman–Crippen MR) is 227 cm³/mol. The molecule has 0 aromatic heterocycles. The van der Waals surface area contributed by atoms with Crippen LogP contribution in [0.4, 0.5) is 31.4 Å². The molecule has 0 saturated heterocycles. The van der Waals surface area contributed by atoms with E-state index < -0.39 is 12.1 Å². The summed E-state index contributed by atoms with van der Waals surface area (Å²) in [5.41, 5.74) is 4.14. The fourth-order valence-electron chi connectivity index (χ4n) is 7.53. The Balaban J connectivity index is 1.38. The molecule has 1 aliphatic rings. The van der Waals surface area contributed by atoms with Gasteiger partial charge in [0.1, 0.15) is 0 Å². The van der Waals surface area contributed by atoms with Crippen molar-refractivity contribution >= 4 is 35.2 Å². The lowest BCUT2D eigenvalue weighted by Crippen LogP contribution is -2.57. The molecule has 0 bridgehead atoms. The minimum atomic E-state index is -0.474. The van der Waals surface area contributed by atoms with Gasteiger partial charge in [0.2, 0.25) is 0 Å². The molecule has 56 heavy (non-hydrogen) atoms. The maximum atomic E-state index is 14.8. The van der Waals surface area contributed by atoms with Crippen molar-refractivity contribution in [3.8, 4) is 0 Å². The van der Waals surface area contributed by atoms with Crippen LogP contribution in [0.5, 0.6) is 0 Å². The number of nitrogens with one attached hydrogen (secondary N) is 4. The Morgan fingerprint density at radius 1 is 0.500 bits per heavy atom. The highest BCUT2D eigenvalue weighted by molar-refractivity contribution is 5.91. The number of benzene rings is 5. The topological polar surface area (TPSA) is 106 Å². The van der Waals surface area contributed by atoms with Gasteiger partial charge in [0, 0.05) is 36.7 Å². The minimum absolute atomic E-state index is 0.173. The quantitative estimate of drug-likeness (QED) is 0.0801. The average molecular weight is 751 g/mol. The molecule has 6 rings (SSSR count). The first-order chi connectivity index (χ1) is 27.5. The number of hydrogen-bond acceptors (Lipinski definition) is 3. The van der Waals surface area contributed by atoms with Gasteiger partial charge < -0.3 is 31.1 Å². The molecule has 0 radical (unpaired) electrons. The molecule has 2 atom stereocenters. The molecule has 6 amide bonds. The van der Waals surface area contributed by atoms with E-state index in [-0.39, 0.29) is 31.2 Å². The van der Waals surface area contributed by atoms with Crippen LogP contribution in [-0.2, 0) is 12.8 Å². The summed E-state index contributed by atoms with van der Waals surface area (Å²) in [4.78, 5) is 46.5. The van der Waals surface area contributed by atoms with Gasteiger partial charge in [-0.25, -0.2) is 14.4 Å². The van der Waals surface area contributed by atoms with E-state index in [1.807, 2.05) is 149 Å². The molecular formula is C47H54N6O3. The summed E-state index contributed by atoms with van der Waals surface area (Å²) in [5.74, 6) is 0.340. The van der Waals surface area contributed by atoms with Crippen molar-refractivity contribution in [1.29, 1.82) is 0 Å². The Morgan fingerprint density at radius 2 is 0.911 bits per heavy atom. The zero-order chi connectivity index (χ0) is 38.8. The molecule has 0 aliphatic heterocycles. The monoisotopic (exact) mass is 750 g/mol. The maximum Gasteiger partial charge on any atom is 0.322 e. The molecule has 4 N–H and O–H groups in total. The molecular weight excluding hydrogens is 697 g/mol. The summed E-state index contributed by atoms with van der Waals surface area (Å²) >= 11 is 0. The first kappa shape index (κ1) is 39.6. The zero-order valence-electron chi connectivity index (χ0n) is 32.1. The largest absolute Gasteiger partial charge is 0.336 e. The van der Waals surface area contributed by atoms with E-state index in [2.05, 4.69) is 33.4 Å². The fourth-order valence-corrected chi connectivity index (χ4v) is 7.53. The SMILES string of the molecule is O=C(NCC(Cc1ccccc1)N(CC(Cc1ccccc1)N(CC1CCCCCC1)C(=O)Nc1ccccc1)C(=O)Nc1ccccc1)Nc1ccccc1. The second-order valence-electron chi connectivity index (χ2n) is 14.6. The van der Waals surface area contributed by atoms with Crippen molar-refractivity contribution < 1.29 is 14.4 Å². The van der Waals surface area contributed by atoms with Crippen molar-refractivity contribution in [3.05, 3.63) is 163 Å². The molecule has 290 valence electrons. The molecule has 2 unspecified atom stereocenters. The van der Waals surface area contributed by atoms with Gasteiger partial charge in [-0.05, 0) is 79.1 Å². The van der Waals surface area contributed by atoms with Crippen LogP contribution in [0.25, 0.3) is 0 Å². The zero-order valence-corrected chi connectivity index (χ0v) is 32.1. The number of urea groups is 3. The number of carbonyl (C=O) groups is 3. The van der Waals surface area contributed by atoms with E-state index in [4.69, 9.17) is 0 Å². The summed E-state index contributed by atoms with van der Waals surface area (Å²) in [6.07, 6.45) is 7.83. The first-order valence-corrected chi connectivity index (χ1v) is 19.9. The van der Waals surface area contributed by atoms with Crippen molar-refractivity contribution in [3.63, 3.8) is 0 Å². The van der Waals surface area contributed by atoms with Gasteiger partial charge >= 0.3 is 18.1 Å². The average Bonchev–Trinajstić information content (AvgIpc) is 3.51. The van der Waals surface area contributed by atoms with Gasteiger partial charge in [-0.3, -0.25) is 0 Å². The highest BCUT2D eigenvalue weighted by Gasteiger charge is 2.34. The normalized spacial score (nSPS) is 14.0. The molecule has 9 heteroatoms. The highest BCUT2D eigenvalue weighted by atomic mass is 16.2. The minimum Gasteiger partial charge on any atom is -0.336 e. The van der Waals surface area contributed by atoms with Gasteiger partial charge in [0.25, 0.3) is 0 Å². The summed E-state index contributed by atoms with van der Waals surface area (Å²) in [7, 11) is 0. The van der Waals surface area contributed by atoms with E-state index in [0.717, 1.165) is 42.5 Å². The van der Waals surface area contributed by atoms with Crippen LogP contribution < -0.4 is 21.3 Å². The lowest BCUT2D eigenvalue weighted by Gasteiger charge is -2.40. The second kappa shape index (κ2) is 21.1. The Morgan fingerprint density at radius 3 is 1.39 bits per heavy atom. The molecule has 0 heterocycles. The Hall–Kier alpha value is -6.09. The van der Waals surface area contributed by atoms with Crippen LogP contribution in [0.3, 0.4) is 0 Å². The molecule has 5 aromatic rings. The Bertz CT molecular complexity index is 1910. The molecule has 1 saturated carbocycles. The Labute approximate surface area is 331 Å². The second-order valence-corrected chi connectivity index (χ2v) is 14.6. The number of nitrogens with zero attached hydrogens (tertiary/aromatic N) is 2. The van der Waals surface area contributed by atoms with Crippen LogP contribution in [0, 0.1) is 5.92 Å². The third-order valence-electron chi connectivity index (χ3n) is 10.4. The van der Waals surface area contributed by atoms with Crippen LogP contribution in [0.15, 0.2) is 152 Å². The van der Waals surface area contributed by atoms with Gasteiger partial charge in [-0.15, -0.1) is 0 Å². The third-order valence-corrected chi connectivity index (χ3v) is 10.4. The standard InChI is InChI=1S/C47H54N6O3/c54-45(49-40-26-14-5-15-27-40)48-34-43(32-37-20-10-3-11-21-37)53(47(56)51-42-30-18-7-19-31-42)36-44(33-38-22-12-4-13-23-38)52(35-39-24-8-1-2-9-25-39)46(55)50-41-28-16-6-17-29-41/h3-7,10-23,26-31,39,43-44H,1-2,8-9,24-25,32-36H2,(H,50,55)(H,51,56)(H2,48,49,54). The van der Waals surface area contributed by atoms with Crippen molar-refractivity contribution in [2.75, 3.05) is 35.6 Å². The van der Waals surface area contributed by atoms with Crippen LogP contribution in [0.1, 0.15) is 49.7 Å². The van der Waals surface area contributed by atoms with E-state index in [1.165, 1.54) is 12.8 Å². The number of para-hydroxylation sites is 3. The van der Waals surface area contributed by atoms with Crippen LogP contribution in [0.2, 0.25) is 0 Å². The van der Waals surface area contributed by atoms with Gasteiger partial charge in [-0.1, -0.05) is 141 Å². The highest BCUT2D eigenvalue weighted by Crippen LogP contribution is 2.27. The summed E-state index contributed by atoms with van der Waals surface area (Å²) < 4.78 is 0. The smallest absolute Gasteiger partial charge is 0.322 e. The van der Waals surface area contributed by atoms with Crippen LogP contribution >= 0.6 is 0 Å². The summed E-state index contributed by atoms with van der Waals surface area (Å²) in [5, 5.41) is 12.3. The number of carbonyl (C=O) groups excluding carboxylic acids is 3. The van der Waals surface area contributed by atoms with E-state index >= 15 is 0 Å². The number of rotatable bonds is 15. The van der Waals surface area contributed by atoms with Crippen molar-refractivity contribution in [2.24, 2.45) is 5.92 Å². The summed E-state index contributed by atoms with van der Waals surface area (Å²) in [6.45, 7) is 0.972. The maximum absolute atomic E-state index is 14.8. The lowest BCUT2D eigenvalue weighted by molar-refractivity contribution is 0.127.